The predicted molar refractivity (Wildman–Crippen MR) is 150 cm³/mol. The van der Waals surface area contributed by atoms with Gasteiger partial charge in [-0.05, 0) is 87.9 Å². The van der Waals surface area contributed by atoms with Crippen LogP contribution in [-0.2, 0) is 24.8 Å². The minimum absolute atomic E-state index is 0.0407. The average molecular weight is 529 g/mol. The highest BCUT2D eigenvalue weighted by Gasteiger charge is 2.65. The van der Waals surface area contributed by atoms with Crippen molar-refractivity contribution in [3.05, 3.63) is 80.0 Å². The Kier molecular flexibility index (Phi) is 5.47. The summed E-state index contributed by atoms with van der Waals surface area (Å²) in [6.45, 7) is 8.07. The topological polar surface area (TPSA) is 42.0 Å². The molecule has 1 spiro atoms. The molecule has 4 aliphatic rings. The molecule has 38 heavy (non-hydrogen) atoms. The molecule has 1 aromatic heterocycles. The van der Waals surface area contributed by atoms with Crippen LogP contribution in [-0.4, -0.2) is 48.5 Å². The molecule has 1 fully saturated rings. The minimum atomic E-state index is -0.0512. The summed E-state index contributed by atoms with van der Waals surface area (Å²) in [7, 11) is 4.02. The van der Waals surface area contributed by atoms with Crippen molar-refractivity contribution in [1.82, 2.24) is 9.80 Å². The second-order valence-electron chi connectivity index (χ2n) is 11.9. The van der Waals surface area contributed by atoms with Gasteiger partial charge in [0.1, 0.15) is 6.10 Å². The number of fused-ring (bicyclic) bond motifs is 2. The quantitative estimate of drug-likeness (QED) is 0.412. The van der Waals surface area contributed by atoms with Crippen molar-refractivity contribution < 1.29 is 14.3 Å². The summed E-state index contributed by atoms with van der Waals surface area (Å²) in [6.07, 6.45) is 3.09. The Balaban J connectivity index is 1.34. The highest BCUT2D eigenvalue weighted by Crippen LogP contribution is 2.68. The highest BCUT2D eigenvalue weighted by molar-refractivity contribution is 7.14. The van der Waals surface area contributed by atoms with Crippen LogP contribution in [0.15, 0.2) is 42.5 Å². The number of rotatable bonds is 5. The molecule has 198 valence electrons. The van der Waals surface area contributed by atoms with Crippen LogP contribution in [0.2, 0.25) is 0 Å². The van der Waals surface area contributed by atoms with Crippen molar-refractivity contribution >= 4 is 17.2 Å². The number of carbonyl (C=O) groups excluding carboxylic acids is 1. The first-order valence-electron chi connectivity index (χ1n) is 13.9. The lowest BCUT2D eigenvalue weighted by atomic mass is 9.52. The van der Waals surface area contributed by atoms with E-state index in [4.69, 9.17) is 9.47 Å². The number of methoxy groups -OCH3 is 1. The van der Waals surface area contributed by atoms with E-state index in [0.717, 1.165) is 53.3 Å². The summed E-state index contributed by atoms with van der Waals surface area (Å²) in [5.74, 6) is 2.39. The molecule has 4 atom stereocenters. The standard InChI is InChI=1S/C32H36N2O3S/c1-18(2)34(17-20-9-7-6-8-10-20)31(35)28-19(3)22-16-23-24-15-21-11-12-25(36-5)27-26(21)32(23,13-14-33(24)4)30(37-27)29(22)38-28/h6-12,18,23-24,30H,13-17H2,1-5H3/t23-,24+,30-,32-/m0/s1. The van der Waals surface area contributed by atoms with Crippen LogP contribution in [0.5, 0.6) is 11.5 Å². The predicted octanol–water partition coefficient (Wildman–Crippen LogP) is 5.92. The lowest BCUT2D eigenvalue weighted by Gasteiger charge is -2.57. The van der Waals surface area contributed by atoms with E-state index in [2.05, 4.69) is 57.0 Å². The molecule has 2 aliphatic heterocycles. The molecule has 7 rings (SSSR count). The number of benzene rings is 2. The van der Waals surface area contributed by atoms with Gasteiger partial charge in [0, 0.05) is 29.6 Å². The fourth-order valence-corrected chi connectivity index (χ4v) is 9.33. The average Bonchev–Trinajstić information content (AvgIpc) is 3.44. The molecule has 0 saturated carbocycles. The number of ether oxygens (including phenoxy) is 2. The number of hydrogen-bond donors (Lipinski definition) is 0. The molecule has 2 aromatic carbocycles. The molecular weight excluding hydrogens is 492 g/mol. The Morgan fingerprint density at radius 3 is 2.74 bits per heavy atom. The van der Waals surface area contributed by atoms with Gasteiger partial charge in [0.2, 0.25) is 0 Å². The van der Waals surface area contributed by atoms with Crippen LogP contribution in [0.25, 0.3) is 0 Å². The number of nitrogens with zero attached hydrogens (tertiary/aromatic N) is 2. The Morgan fingerprint density at radius 2 is 2.00 bits per heavy atom. The minimum Gasteiger partial charge on any atom is -0.493 e. The molecule has 0 N–H and O–H groups in total. The summed E-state index contributed by atoms with van der Waals surface area (Å²) in [6, 6.07) is 15.2. The van der Waals surface area contributed by atoms with Gasteiger partial charge in [0.15, 0.2) is 11.5 Å². The second-order valence-corrected chi connectivity index (χ2v) is 12.9. The molecule has 0 radical (unpaired) electrons. The Morgan fingerprint density at radius 1 is 1.21 bits per heavy atom. The Labute approximate surface area is 229 Å². The monoisotopic (exact) mass is 528 g/mol. The maximum atomic E-state index is 14.1. The number of likely N-dealkylation sites (tertiary alicyclic amines) is 1. The summed E-state index contributed by atoms with van der Waals surface area (Å²) in [4.78, 5) is 20.9. The van der Waals surface area contributed by atoms with Gasteiger partial charge in [-0.1, -0.05) is 36.4 Å². The first kappa shape index (κ1) is 24.2. The van der Waals surface area contributed by atoms with E-state index in [1.807, 2.05) is 23.1 Å². The molecule has 2 bridgehead atoms. The normalized spacial score (nSPS) is 26.5. The number of likely N-dealkylation sites (N-methyl/N-ethyl adjacent to an activating group) is 1. The van der Waals surface area contributed by atoms with E-state index < -0.39 is 0 Å². The largest absolute Gasteiger partial charge is 0.493 e. The van der Waals surface area contributed by atoms with Gasteiger partial charge in [-0.2, -0.15) is 0 Å². The van der Waals surface area contributed by atoms with Crippen LogP contribution < -0.4 is 9.47 Å². The molecule has 3 heterocycles. The number of piperidine rings is 1. The van der Waals surface area contributed by atoms with Crippen LogP contribution in [0, 0.1) is 12.8 Å². The number of hydrogen-bond acceptors (Lipinski definition) is 5. The van der Waals surface area contributed by atoms with Gasteiger partial charge < -0.3 is 19.3 Å². The van der Waals surface area contributed by atoms with Gasteiger partial charge >= 0.3 is 0 Å². The summed E-state index contributed by atoms with van der Waals surface area (Å²) < 4.78 is 12.8. The van der Waals surface area contributed by atoms with E-state index in [9.17, 15) is 4.79 Å². The van der Waals surface area contributed by atoms with Gasteiger partial charge in [-0.3, -0.25) is 4.79 Å². The Bertz CT molecular complexity index is 1430. The van der Waals surface area contributed by atoms with E-state index in [1.54, 1.807) is 18.4 Å². The zero-order valence-electron chi connectivity index (χ0n) is 22.9. The van der Waals surface area contributed by atoms with Crippen LogP contribution >= 0.6 is 11.3 Å². The van der Waals surface area contributed by atoms with Crippen LogP contribution in [0.3, 0.4) is 0 Å². The van der Waals surface area contributed by atoms with Crippen LogP contribution in [0.4, 0.5) is 0 Å². The maximum absolute atomic E-state index is 14.1. The van der Waals surface area contributed by atoms with Crippen molar-refractivity contribution in [2.75, 3.05) is 20.7 Å². The lowest BCUT2D eigenvalue weighted by molar-refractivity contribution is -0.0227. The number of amides is 1. The number of thiophene rings is 1. The van der Waals surface area contributed by atoms with E-state index in [-0.39, 0.29) is 23.5 Å². The number of carbonyl (C=O) groups is 1. The summed E-state index contributed by atoms with van der Waals surface area (Å²) in [5, 5.41) is 0. The summed E-state index contributed by atoms with van der Waals surface area (Å²) >= 11 is 1.69. The van der Waals surface area contributed by atoms with E-state index in [1.165, 1.54) is 21.6 Å². The molecule has 5 nitrogen and oxygen atoms in total. The SMILES string of the molecule is COc1ccc2c3c1O[C@H]1c4sc(C(=O)N(Cc5ccccc5)C(C)C)c(C)c4C[C@H]4[C@@H](C2)N(C)CC[C@]314. The zero-order chi connectivity index (χ0) is 26.3. The first-order valence-corrected chi connectivity index (χ1v) is 14.7. The zero-order valence-corrected chi connectivity index (χ0v) is 23.7. The van der Waals surface area contributed by atoms with Gasteiger partial charge in [-0.15, -0.1) is 11.3 Å². The third-order valence-electron chi connectivity index (χ3n) is 9.84. The smallest absolute Gasteiger partial charge is 0.264 e. The fraction of sp³-hybridized carbons (Fsp3) is 0.469. The molecule has 1 amide bonds. The molecule has 2 aliphatic carbocycles. The van der Waals surface area contributed by atoms with E-state index >= 15 is 0 Å². The van der Waals surface area contributed by atoms with Crippen molar-refractivity contribution in [2.45, 2.75) is 70.2 Å². The molecule has 6 heteroatoms. The lowest BCUT2D eigenvalue weighted by Crippen LogP contribution is -2.61. The molecular formula is C32H36N2O3S. The van der Waals surface area contributed by atoms with Crippen molar-refractivity contribution in [3.63, 3.8) is 0 Å². The van der Waals surface area contributed by atoms with Crippen LogP contribution in [0.1, 0.15) is 68.7 Å². The van der Waals surface area contributed by atoms with Crippen molar-refractivity contribution in [3.8, 4) is 11.5 Å². The second kappa shape index (κ2) is 8.59. The molecule has 1 saturated heterocycles. The summed E-state index contributed by atoms with van der Waals surface area (Å²) in [5.41, 5.74) is 6.43. The van der Waals surface area contributed by atoms with Gasteiger partial charge in [0.25, 0.3) is 5.91 Å². The van der Waals surface area contributed by atoms with Gasteiger partial charge in [-0.25, -0.2) is 0 Å². The third kappa shape index (κ3) is 3.16. The fourth-order valence-electron chi connectivity index (χ4n) is 7.90. The maximum Gasteiger partial charge on any atom is 0.264 e. The third-order valence-corrected chi connectivity index (χ3v) is 11.2. The van der Waals surface area contributed by atoms with Gasteiger partial charge in [0.05, 0.1) is 16.9 Å². The highest BCUT2D eigenvalue weighted by atomic mass is 32.1. The molecule has 3 aromatic rings. The van der Waals surface area contributed by atoms with Crippen molar-refractivity contribution in [1.29, 1.82) is 0 Å². The molecule has 0 unspecified atom stereocenters. The van der Waals surface area contributed by atoms with E-state index in [0.29, 0.717) is 18.5 Å². The Hall–Kier alpha value is -2.83. The first-order chi connectivity index (χ1) is 18.3. The van der Waals surface area contributed by atoms with Crippen molar-refractivity contribution in [2.24, 2.45) is 5.92 Å².